The third kappa shape index (κ3) is 2.77. The second-order valence-electron chi connectivity index (χ2n) is 8.63. The standard InChI is InChI=1S/C21H27NO5/c1-13(2)17-11-20-14(3)8-9-16(20)15(10-21(17,23)27-20)12-26-19-7-5-4-6-18(19)22(24)25/h4-7,10,13-14,16-17,23H,8-9,11-12H2,1-3H3/t14-,16?,17-,20-,21-/m0/s1. The summed E-state index contributed by atoms with van der Waals surface area (Å²) in [7, 11) is 0. The molecule has 3 aliphatic rings. The molecular formula is C21H27NO5. The van der Waals surface area contributed by atoms with Gasteiger partial charge in [-0.25, -0.2) is 0 Å². The Morgan fingerprint density at radius 3 is 2.81 bits per heavy atom. The van der Waals surface area contributed by atoms with Crippen LogP contribution < -0.4 is 4.74 Å². The van der Waals surface area contributed by atoms with Gasteiger partial charge in [0, 0.05) is 17.9 Å². The first-order chi connectivity index (χ1) is 12.8. The zero-order valence-electron chi connectivity index (χ0n) is 16.1. The molecule has 1 aromatic rings. The van der Waals surface area contributed by atoms with Crippen LogP contribution in [0.15, 0.2) is 35.9 Å². The third-order valence-electron chi connectivity index (χ3n) is 6.84. The largest absolute Gasteiger partial charge is 0.482 e. The summed E-state index contributed by atoms with van der Waals surface area (Å²) >= 11 is 0. The van der Waals surface area contributed by atoms with E-state index in [1.54, 1.807) is 18.2 Å². The molecule has 1 spiro atoms. The number of para-hydroxylation sites is 2. The number of benzene rings is 1. The van der Waals surface area contributed by atoms with Gasteiger partial charge in [-0.2, -0.15) is 0 Å². The van der Waals surface area contributed by atoms with Gasteiger partial charge >= 0.3 is 5.69 Å². The van der Waals surface area contributed by atoms with Crippen molar-refractivity contribution in [3.8, 4) is 5.75 Å². The van der Waals surface area contributed by atoms with E-state index in [0.717, 1.165) is 24.8 Å². The number of nitro benzene ring substituents is 1. The van der Waals surface area contributed by atoms with Gasteiger partial charge in [0.2, 0.25) is 0 Å². The topological polar surface area (TPSA) is 81.8 Å². The molecule has 4 rings (SSSR count). The van der Waals surface area contributed by atoms with E-state index in [9.17, 15) is 15.2 Å². The summed E-state index contributed by atoms with van der Waals surface area (Å²) < 4.78 is 12.2. The second-order valence-corrected chi connectivity index (χ2v) is 8.63. The lowest BCUT2D eigenvalue weighted by atomic mass is 9.76. The fourth-order valence-electron chi connectivity index (χ4n) is 5.42. The number of nitro groups is 1. The SMILES string of the molecule is CC(C)[C@@H]1C[C@@]23O[C@@]1(O)C=C(COc1ccccc1[N+](=O)[O-])C2CC[C@@H]3C. The summed E-state index contributed by atoms with van der Waals surface area (Å²) in [5, 5.41) is 22.5. The summed E-state index contributed by atoms with van der Waals surface area (Å²) in [6, 6.07) is 6.42. The molecule has 2 heterocycles. The van der Waals surface area contributed by atoms with E-state index in [0.29, 0.717) is 11.8 Å². The number of aliphatic hydroxyl groups is 1. The first kappa shape index (κ1) is 18.4. The summed E-state index contributed by atoms with van der Waals surface area (Å²) in [4.78, 5) is 10.8. The fourth-order valence-corrected chi connectivity index (χ4v) is 5.42. The molecule has 0 amide bonds. The molecule has 1 N–H and O–H groups in total. The Labute approximate surface area is 159 Å². The van der Waals surface area contributed by atoms with E-state index in [-0.39, 0.29) is 35.5 Å². The van der Waals surface area contributed by atoms with Gasteiger partial charge in [-0.15, -0.1) is 0 Å². The minimum atomic E-state index is -1.27. The van der Waals surface area contributed by atoms with Crippen molar-refractivity contribution in [2.75, 3.05) is 6.61 Å². The van der Waals surface area contributed by atoms with Gasteiger partial charge in [-0.1, -0.05) is 32.9 Å². The maximum absolute atomic E-state index is 11.3. The molecule has 5 atom stereocenters. The Bertz CT molecular complexity index is 791. The van der Waals surface area contributed by atoms with Gasteiger partial charge < -0.3 is 14.6 Å². The first-order valence-electron chi connectivity index (χ1n) is 9.77. The average molecular weight is 373 g/mol. The van der Waals surface area contributed by atoms with Gasteiger partial charge in [0.05, 0.1) is 10.5 Å². The van der Waals surface area contributed by atoms with Crippen molar-refractivity contribution in [1.82, 2.24) is 0 Å². The van der Waals surface area contributed by atoms with Gasteiger partial charge in [0.1, 0.15) is 6.61 Å². The molecule has 0 radical (unpaired) electrons. The maximum atomic E-state index is 11.3. The van der Waals surface area contributed by atoms with E-state index >= 15 is 0 Å². The van der Waals surface area contributed by atoms with E-state index in [1.165, 1.54) is 6.07 Å². The molecule has 146 valence electrons. The normalized spacial score (nSPS) is 37.2. The van der Waals surface area contributed by atoms with Crippen LogP contribution in [-0.2, 0) is 4.74 Å². The highest BCUT2D eigenvalue weighted by Gasteiger charge is 2.65. The lowest BCUT2D eigenvalue weighted by Gasteiger charge is -2.41. The summed E-state index contributed by atoms with van der Waals surface area (Å²) in [6.07, 6.45) is 4.72. The number of fused-ring (bicyclic) bond motifs is 1. The zero-order valence-corrected chi connectivity index (χ0v) is 16.1. The Kier molecular flexibility index (Phi) is 4.31. The summed E-state index contributed by atoms with van der Waals surface area (Å²) in [5.41, 5.74) is 0.621. The molecule has 6 nitrogen and oxygen atoms in total. The van der Waals surface area contributed by atoms with Crippen molar-refractivity contribution < 1.29 is 19.5 Å². The van der Waals surface area contributed by atoms with E-state index in [2.05, 4.69) is 20.8 Å². The predicted molar refractivity (Wildman–Crippen MR) is 100 cm³/mol. The van der Waals surface area contributed by atoms with Crippen LogP contribution in [0.3, 0.4) is 0 Å². The Morgan fingerprint density at radius 2 is 2.11 bits per heavy atom. The third-order valence-corrected chi connectivity index (χ3v) is 6.84. The molecule has 27 heavy (non-hydrogen) atoms. The number of nitrogens with zero attached hydrogens (tertiary/aromatic N) is 1. The molecular weight excluding hydrogens is 346 g/mol. The second kappa shape index (κ2) is 6.31. The minimum absolute atomic E-state index is 0.0404. The van der Waals surface area contributed by atoms with Gasteiger partial charge in [0.15, 0.2) is 11.5 Å². The molecule has 2 aliphatic heterocycles. The molecule has 1 unspecified atom stereocenters. The monoisotopic (exact) mass is 373 g/mol. The van der Waals surface area contributed by atoms with Crippen molar-refractivity contribution in [1.29, 1.82) is 0 Å². The van der Waals surface area contributed by atoms with Crippen molar-refractivity contribution in [2.24, 2.45) is 23.7 Å². The van der Waals surface area contributed by atoms with Crippen LogP contribution >= 0.6 is 0 Å². The Morgan fingerprint density at radius 1 is 1.37 bits per heavy atom. The molecule has 1 saturated heterocycles. The highest BCUT2D eigenvalue weighted by atomic mass is 16.7. The predicted octanol–water partition coefficient (Wildman–Crippen LogP) is 4.08. The van der Waals surface area contributed by atoms with E-state index < -0.39 is 10.7 Å². The van der Waals surface area contributed by atoms with E-state index in [4.69, 9.17) is 9.47 Å². The van der Waals surface area contributed by atoms with Gasteiger partial charge in [-0.3, -0.25) is 10.1 Å². The summed E-state index contributed by atoms with van der Waals surface area (Å²) in [6.45, 7) is 6.68. The van der Waals surface area contributed by atoms with Crippen molar-refractivity contribution in [2.45, 2.75) is 51.4 Å². The molecule has 1 aromatic carbocycles. The zero-order chi connectivity index (χ0) is 19.4. The van der Waals surface area contributed by atoms with E-state index in [1.807, 2.05) is 6.08 Å². The number of rotatable bonds is 5. The fraction of sp³-hybridized carbons (Fsp3) is 0.619. The minimum Gasteiger partial charge on any atom is -0.482 e. The molecule has 1 aliphatic carbocycles. The first-order valence-corrected chi connectivity index (χ1v) is 9.77. The van der Waals surface area contributed by atoms with Gasteiger partial charge in [0.25, 0.3) is 0 Å². The molecule has 1 saturated carbocycles. The highest BCUT2D eigenvalue weighted by molar-refractivity contribution is 5.46. The Hall–Kier alpha value is -1.92. The molecule has 2 fully saturated rings. The lowest BCUT2D eigenvalue weighted by molar-refractivity contribution is -0.385. The van der Waals surface area contributed by atoms with Crippen LogP contribution in [0.2, 0.25) is 0 Å². The number of hydrogen-bond donors (Lipinski definition) is 1. The smallest absolute Gasteiger partial charge is 0.310 e. The lowest BCUT2D eigenvalue weighted by Crippen LogP contribution is -2.47. The maximum Gasteiger partial charge on any atom is 0.310 e. The van der Waals surface area contributed by atoms with Crippen LogP contribution in [0.1, 0.15) is 40.0 Å². The van der Waals surface area contributed by atoms with Crippen molar-refractivity contribution >= 4 is 5.69 Å². The van der Waals surface area contributed by atoms with Gasteiger partial charge in [-0.05, 0) is 48.8 Å². The number of ether oxygens (including phenoxy) is 2. The number of hydrogen-bond acceptors (Lipinski definition) is 5. The van der Waals surface area contributed by atoms with Crippen molar-refractivity contribution in [3.63, 3.8) is 0 Å². The Balaban J connectivity index is 1.64. The van der Waals surface area contributed by atoms with Crippen LogP contribution in [0.5, 0.6) is 5.75 Å². The summed E-state index contributed by atoms with van der Waals surface area (Å²) in [5.74, 6) is -0.106. The van der Waals surface area contributed by atoms with Crippen LogP contribution in [0.4, 0.5) is 5.69 Å². The highest BCUT2D eigenvalue weighted by Crippen LogP contribution is 2.62. The molecule has 6 heteroatoms. The van der Waals surface area contributed by atoms with Crippen LogP contribution in [-0.4, -0.2) is 28.0 Å². The molecule has 0 aromatic heterocycles. The van der Waals surface area contributed by atoms with Crippen molar-refractivity contribution in [3.05, 3.63) is 46.0 Å². The average Bonchev–Trinajstić information content (AvgIpc) is 3.07. The van der Waals surface area contributed by atoms with Crippen LogP contribution in [0, 0.1) is 33.8 Å². The quantitative estimate of drug-likeness (QED) is 0.478. The van der Waals surface area contributed by atoms with Crippen LogP contribution in [0.25, 0.3) is 0 Å². The molecule has 2 bridgehead atoms.